The Bertz CT molecular complexity index is 331. The van der Waals surface area contributed by atoms with Crippen molar-refractivity contribution in [2.24, 2.45) is 0 Å². The van der Waals surface area contributed by atoms with Gasteiger partial charge >= 0.3 is 0 Å². The molecule has 0 heterocycles. The third kappa shape index (κ3) is 5.71. The Kier molecular flexibility index (Phi) is 4.97. The first-order valence-electron chi connectivity index (χ1n) is 6.13. The van der Waals surface area contributed by atoms with Gasteiger partial charge in [0.05, 0.1) is 5.60 Å². The van der Waals surface area contributed by atoms with Crippen LogP contribution in [0.3, 0.4) is 0 Å². The summed E-state index contributed by atoms with van der Waals surface area (Å²) in [5.41, 5.74) is 0.330. The van der Waals surface area contributed by atoms with Crippen LogP contribution < -0.4 is 5.32 Å². The molecule has 1 atom stereocenters. The zero-order valence-corrected chi connectivity index (χ0v) is 10.9. The van der Waals surface area contributed by atoms with E-state index in [4.69, 9.17) is 0 Å². The van der Waals surface area contributed by atoms with Gasteiger partial charge in [-0.1, -0.05) is 26.0 Å². The summed E-state index contributed by atoms with van der Waals surface area (Å²) in [4.78, 5) is 0. The first-order chi connectivity index (χ1) is 7.89. The molecular formula is C14H23NO2. The minimum atomic E-state index is -0.709. The van der Waals surface area contributed by atoms with Crippen LogP contribution in [0.2, 0.25) is 0 Å². The smallest absolute Gasteiger partial charge is 0.115 e. The molecule has 1 rings (SSSR count). The molecule has 0 bridgehead atoms. The highest BCUT2D eigenvalue weighted by Crippen LogP contribution is 2.18. The fourth-order valence-electron chi connectivity index (χ4n) is 1.77. The minimum absolute atomic E-state index is 0.259. The Morgan fingerprint density at radius 1 is 1.24 bits per heavy atom. The van der Waals surface area contributed by atoms with Crippen molar-refractivity contribution in [3.8, 4) is 5.75 Å². The molecule has 0 radical (unpaired) electrons. The summed E-state index contributed by atoms with van der Waals surface area (Å²) in [6.45, 7) is 6.84. The molecule has 3 heteroatoms. The Hall–Kier alpha value is -1.06. The van der Waals surface area contributed by atoms with Gasteiger partial charge in [-0.2, -0.15) is 0 Å². The number of hydrogen-bond donors (Lipinski definition) is 3. The molecule has 0 aromatic heterocycles. The maximum absolute atomic E-state index is 10.2. The van der Waals surface area contributed by atoms with Gasteiger partial charge in [-0.05, 0) is 37.6 Å². The number of hydrogen-bond acceptors (Lipinski definition) is 3. The van der Waals surface area contributed by atoms with Crippen molar-refractivity contribution >= 4 is 0 Å². The molecule has 0 aliphatic rings. The van der Waals surface area contributed by atoms with E-state index in [2.05, 4.69) is 19.2 Å². The highest BCUT2D eigenvalue weighted by molar-refractivity contribution is 5.26. The third-order valence-corrected chi connectivity index (χ3v) is 2.74. The van der Waals surface area contributed by atoms with E-state index in [0.717, 1.165) is 12.1 Å². The molecule has 0 saturated carbocycles. The second-order valence-corrected chi connectivity index (χ2v) is 5.20. The van der Waals surface area contributed by atoms with Crippen molar-refractivity contribution in [2.75, 3.05) is 6.54 Å². The monoisotopic (exact) mass is 237 g/mol. The largest absolute Gasteiger partial charge is 0.508 e. The van der Waals surface area contributed by atoms with Crippen LogP contribution in [0.4, 0.5) is 0 Å². The molecule has 0 fully saturated rings. The zero-order chi connectivity index (χ0) is 12.9. The van der Waals surface area contributed by atoms with E-state index in [9.17, 15) is 10.2 Å². The molecular weight excluding hydrogens is 214 g/mol. The van der Waals surface area contributed by atoms with E-state index < -0.39 is 5.60 Å². The summed E-state index contributed by atoms with van der Waals surface area (Å²) in [6, 6.07) is 7.44. The minimum Gasteiger partial charge on any atom is -0.508 e. The quantitative estimate of drug-likeness (QED) is 0.710. The van der Waals surface area contributed by atoms with Crippen molar-refractivity contribution in [2.45, 2.75) is 45.3 Å². The molecule has 3 N–H and O–H groups in total. The van der Waals surface area contributed by atoms with E-state index in [1.165, 1.54) is 0 Å². The van der Waals surface area contributed by atoms with Gasteiger partial charge in [-0.3, -0.25) is 0 Å². The fraction of sp³-hybridized carbons (Fsp3) is 0.571. The third-order valence-electron chi connectivity index (χ3n) is 2.74. The summed E-state index contributed by atoms with van der Waals surface area (Å²) < 4.78 is 0. The van der Waals surface area contributed by atoms with Gasteiger partial charge in [0, 0.05) is 12.5 Å². The summed E-state index contributed by atoms with van der Waals surface area (Å²) in [7, 11) is 0. The number of nitrogens with one attached hydrogen (secondary N) is 1. The normalized spacial score (nSPS) is 14.9. The lowest BCUT2D eigenvalue weighted by molar-refractivity contribution is 0.0511. The molecule has 1 aromatic rings. The van der Waals surface area contributed by atoms with Gasteiger partial charge in [0.15, 0.2) is 0 Å². The van der Waals surface area contributed by atoms with Crippen LogP contribution in [0.25, 0.3) is 0 Å². The first kappa shape index (κ1) is 14.0. The molecule has 0 spiro atoms. The average Bonchev–Trinajstić information content (AvgIpc) is 2.20. The molecule has 0 amide bonds. The molecule has 0 saturated heterocycles. The Morgan fingerprint density at radius 3 is 2.35 bits per heavy atom. The molecule has 3 nitrogen and oxygen atoms in total. The number of phenols is 1. The van der Waals surface area contributed by atoms with Crippen LogP contribution in [0, 0.1) is 0 Å². The van der Waals surface area contributed by atoms with Crippen LogP contribution in [-0.2, 0) is 6.42 Å². The van der Waals surface area contributed by atoms with Crippen LogP contribution in [0.15, 0.2) is 24.3 Å². The van der Waals surface area contributed by atoms with Gasteiger partial charge in [0.2, 0.25) is 0 Å². The van der Waals surface area contributed by atoms with Crippen molar-refractivity contribution < 1.29 is 10.2 Å². The van der Waals surface area contributed by atoms with Gasteiger partial charge in [0.1, 0.15) is 5.75 Å². The fourth-order valence-corrected chi connectivity index (χ4v) is 1.77. The lowest BCUT2D eigenvalue weighted by Gasteiger charge is -2.24. The van der Waals surface area contributed by atoms with Crippen molar-refractivity contribution in [1.29, 1.82) is 0 Å². The molecule has 96 valence electrons. The average molecular weight is 237 g/mol. The van der Waals surface area contributed by atoms with Crippen LogP contribution in [-0.4, -0.2) is 28.4 Å². The molecule has 1 aromatic carbocycles. The summed E-state index contributed by atoms with van der Waals surface area (Å²) in [5.74, 6) is 0.259. The number of phenolic OH excluding ortho intramolecular Hbond substituents is 1. The molecule has 1 unspecified atom stereocenters. The second kappa shape index (κ2) is 6.03. The van der Waals surface area contributed by atoms with Gasteiger partial charge in [-0.15, -0.1) is 0 Å². The van der Waals surface area contributed by atoms with E-state index in [1.807, 2.05) is 19.1 Å². The summed E-state index contributed by atoms with van der Waals surface area (Å²) in [5, 5.41) is 22.7. The highest BCUT2D eigenvalue weighted by atomic mass is 16.3. The van der Waals surface area contributed by atoms with Crippen LogP contribution >= 0.6 is 0 Å². The summed E-state index contributed by atoms with van der Waals surface area (Å²) >= 11 is 0. The molecule has 0 aliphatic carbocycles. The maximum atomic E-state index is 10.2. The summed E-state index contributed by atoms with van der Waals surface area (Å²) in [6.07, 6.45) is 1.32. The SMILES string of the molecule is CC(C)NCCC(C)(O)Cc1ccc(O)cc1. The van der Waals surface area contributed by atoms with E-state index in [1.54, 1.807) is 12.1 Å². The predicted octanol–water partition coefficient (Wildman–Crippen LogP) is 2.07. The Labute approximate surface area is 103 Å². The van der Waals surface area contributed by atoms with E-state index in [0.29, 0.717) is 18.9 Å². The molecule has 17 heavy (non-hydrogen) atoms. The van der Waals surface area contributed by atoms with E-state index in [-0.39, 0.29) is 5.75 Å². The van der Waals surface area contributed by atoms with Crippen molar-refractivity contribution in [3.63, 3.8) is 0 Å². The van der Waals surface area contributed by atoms with Gasteiger partial charge in [-0.25, -0.2) is 0 Å². The lowest BCUT2D eigenvalue weighted by Crippen LogP contribution is -2.34. The number of benzene rings is 1. The van der Waals surface area contributed by atoms with Crippen LogP contribution in [0.1, 0.15) is 32.8 Å². The van der Waals surface area contributed by atoms with E-state index >= 15 is 0 Å². The first-order valence-corrected chi connectivity index (χ1v) is 6.13. The van der Waals surface area contributed by atoms with Crippen molar-refractivity contribution in [1.82, 2.24) is 5.32 Å². The maximum Gasteiger partial charge on any atom is 0.115 e. The Morgan fingerprint density at radius 2 is 1.82 bits per heavy atom. The molecule has 0 aliphatic heterocycles. The van der Waals surface area contributed by atoms with Crippen molar-refractivity contribution in [3.05, 3.63) is 29.8 Å². The lowest BCUT2D eigenvalue weighted by atomic mass is 9.93. The van der Waals surface area contributed by atoms with Crippen LogP contribution in [0.5, 0.6) is 5.75 Å². The number of rotatable bonds is 6. The Balaban J connectivity index is 2.45. The topological polar surface area (TPSA) is 52.5 Å². The van der Waals surface area contributed by atoms with Gasteiger partial charge < -0.3 is 15.5 Å². The van der Waals surface area contributed by atoms with Gasteiger partial charge in [0.25, 0.3) is 0 Å². The highest BCUT2D eigenvalue weighted by Gasteiger charge is 2.20. The second-order valence-electron chi connectivity index (χ2n) is 5.20. The number of aromatic hydroxyl groups is 1. The predicted molar refractivity (Wildman–Crippen MR) is 70.2 cm³/mol. The number of aliphatic hydroxyl groups is 1. The zero-order valence-electron chi connectivity index (χ0n) is 10.9. The standard InChI is InChI=1S/C14H23NO2/c1-11(2)15-9-8-14(3,17)10-12-4-6-13(16)7-5-12/h4-7,11,15-17H,8-10H2,1-3H3.